The van der Waals surface area contributed by atoms with Crippen LogP contribution in [0.4, 0.5) is 10.1 Å². The molecule has 0 bridgehead atoms. The number of aryl methyl sites for hydroxylation is 3. The van der Waals surface area contributed by atoms with E-state index < -0.39 is 11.7 Å². The molecule has 2 N–H and O–H groups in total. The number of nitrogens with one attached hydrogen (secondary N) is 2. The number of benzene rings is 2. The normalized spacial score (nSPS) is 11.4. The number of carbonyl (C=O) groups excluding carboxylic acids is 1. The van der Waals surface area contributed by atoms with Gasteiger partial charge in [0.25, 0.3) is 5.91 Å². The summed E-state index contributed by atoms with van der Waals surface area (Å²) in [6.07, 6.45) is 0.695. The molecule has 1 heterocycles. The topological polar surface area (TPSA) is 71.3 Å². The molecule has 0 saturated heterocycles. The Balaban J connectivity index is 1.78. The van der Waals surface area contributed by atoms with Crippen molar-refractivity contribution in [2.24, 2.45) is 12.0 Å². The van der Waals surface area contributed by atoms with Gasteiger partial charge in [-0.3, -0.25) is 19.8 Å². The van der Waals surface area contributed by atoms with E-state index in [2.05, 4.69) is 20.7 Å². The molecule has 0 spiro atoms. The monoisotopic (exact) mass is 407 g/mol. The van der Waals surface area contributed by atoms with E-state index >= 15 is 0 Å². The fourth-order valence-electron chi connectivity index (χ4n) is 3.15. The Morgan fingerprint density at radius 1 is 1.13 bits per heavy atom. The zero-order chi connectivity index (χ0) is 21.7. The second-order valence-electron chi connectivity index (χ2n) is 7.21. The molecule has 0 unspecified atom stereocenters. The third kappa shape index (κ3) is 5.31. The molecular formula is C23H26FN5O. The summed E-state index contributed by atoms with van der Waals surface area (Å²) < 4.78 is 15.3. The van der Waals surface area contributed by atoms with Gasteiger partial charge >= 0.3 is 0 Å². The molecule has 0 aliphatic rings. The van der Waals surface area contributed by atoms with Crippen LogP contribution in [0.2, 0.25) is 0 Å². The fourth-order valence-corrected chi connectivity index (χ4v) is 3.15. The second kappa shape index (κ2) is 9.35. The molecule has 2 aromatic carbocycles. The number of aromatic nitrogens is 2. The standard InChI is InChI=1S/C23H26FN5O/c1-15-8-10-20(11-9-15)26-23(27-22(30)18-6-5-7-19(24)14-18)25-13-12-21-16(2)28-29(4)17(21)3/h5-11,14H,12-13H2,1-4H3,(H2,25,26,27,30). The van der Waals surface area contributed by atoms with Gasteiger partial charge in [0.15, 0.2) is 0 Å². The Bertz CT molecular complexity index is 1070. The van der Waals surface area contributed by atoms with Crippen LogP contribution in [-0.4, -0.2) is 28.2 Å². The molecule has 0 aliphatic heterocycles. The highest BCUT2D eigenvalue weighted by Crippen LogP contribution is 2.13. The average Bonchev–Trinajstić information content (AvgIpc) is 2.95. The fraction of sp³-hybridized carbons (Fsp3) is 0.261. The summed E-state index contributed by atoms with van der Waals surface area (Å²) in [6.45, 7) is 6.47. The van der Waals surface area contributed by atoms with Crippen LogP contribution in [0.1, 0.15) is 32.9 Å². The number of hydrogen-bond acceptors (Lipinski definition) is 3. The summed E-state index contributed by atoms with van der Waals surface area (Å²) in [7, 11) is 1.92. The van der Waals surface area contributed by atoms with Gasteiger partial charge in [-0.15, -0.1) is 0 Å². The van der Waals surface area contributed by atoms with E-state index in [9.17, 15) is 9.18 Å². The van der Waals surface area contributed by atoms with Crippen molar-refractivity contribution in [3.8, 4) is 0 Å². The van der Waals surface area contributed by atoms with Crippen molar-refractivity contribution < 1.29 is 9.18 Å². The molecule has 30 heavy (non-hydrogen) atoms. The highest BCUT2D eigenvalue weighted by atomic mass is 19.1. The van der Waals surface area contributed by atoms with Crippen LogP contribution in [0.5, 0.6) is 0 Å². The number of guanidine groups is 1. The second-order valence-corrected chi connectivity index (χ2v) is 7.21. The molecule has 1 aromatic heterocycles. The van der Waals surface area contributed by atoms with Crippen LogP contribution in [0, 0.1) is 26.6 Å². The van der Waals surface area contributed by atoms with Crippen LogP contribution >= 0.6 is 0 Å². The predicted molar refractivity (Wildman–Crippen MR) is 117 cm³/mol. The average molecular weight is 407 g/mol. The minimum atomic E-state index is -0.463. The van der Waals surface area contributed by atoms with Gasteiger partial charge in [-0.2, -0.15) is 5.10 Å². The summed E-state index contributed by atoms with van der Waals surface area (Å²) in [5.74, 6) is -0.580. The molecule has 6 nitrogen and oxygen atoms in total. The Labute approximate surface area is 175 Å². The van der Waals surface area contributed by atoms with Crippen LogP contribution in [0.3, 0.4) is 0 Å². The number of rotatable bonds is 5. The molecule has 1 amide bonds. The number of amides is 1. The molecule has 0 saturated carbocycles. The maximum Gasteiger partial charge on any atom is 0.258 e. The number of halogens is 1. The lowest BCUT2D eigenvalue weighted by Crippen LogP contribution is -2.36. The molecule has 0 radical (unpaired) electrons. The van der Waals surface area contributed by atoms with Crippen molar-refractivity contribution in [1.29, 1.82) is 0 Å². The summed E-state index contributed by atoms with van der Waals surface area (Å²) in [5.41, 5.74) is 5.37. The Morgan fingerprint density at radius 3 is 2.50 bits per heavy atom. The van der Waals surface area contributed by atoms with E-state index in [4.69, 9.17) is 0 Å². The zero-order valence-corrected chi connectivity index (χ0v) is 17.7. The van der Waals surface area contributed by atoms with E-state index in [1.807, 2.05) is 56.8 Å². The predicted octanol–water partition coefficient (Wildman–Crippen LogP) is 3.93. The first kappa shape index (κ1) is 21.2. The van der Waals surface area contributed by atoms with Crippen molar-refractivity contribution in [3.05, 3.63) is 82.4 Å². The lowest BCUT2D eigenvalue weighted by atomic mass is 10.1. The number of hydrogen-bond donors (Lipinski definition) is 2. The van der Waals surface area contributed by atoms with E-state index in [1.165, 1.54) is 18.2 Å². The van der Waals surface area contributed by atoms with E-state index in [1.54, 1.807) is 6.07 Å². The van der Waals surface area contributed by atoms with Gasteiger partial charge in [0.1, 0.15) is 5.82 Å². The third-order valence-corrected chi connectivity index (χ3v) is 4.92. The van der Waals surface area contributed by atoms with Crippen LogP contribution in [0.25, 0.3) is 0 Å². The largest absolute Gasteiger partial charge is 0.326 e. The maximum atomic E-state index is 13.5. The highest BCUT2D eigenvalue weighted by molar-refractivity contribution is 6.09. The summed E-state index contributed by atoms with van der Waals surface area (Å²) in [4.78, 5) is 17.1. The lowest BCUT2D eigenvalue weighted by Gasteiger charge is -2.12. The first-order chi connectivity index (χ1) is 14.3. The summed E-state index contributed by atoms with van der Waals surface area (Å²) in [6, 6.07) is 13.3. The van der Waals surface area contributed by atoms with Crippen molar-refractivity contribution >= 4 is 17.6 Å². The van der Waals surface area contributed by atoms with Gasteiger partial charge < -0.3 is 5.32 Å². The molecule has 3 rings (SSSR count). The first-order valence-corrected chi connectivity index (χ1v) is 9.77. The highest BCUT2D eigenvalue weighted by Gasteiger charge is 2.12. The first-order valence-electron chi connectivity index (χ1n) is 9.77. The molecule has 3 aromatic rings. The number of carbonyl (C=O) groups is 1. The van der Waals surface area contributed by atoms with Crippen LogP contribution in [-0.2, 0) is 13.5 Å². The number of anilines is 1. The molecule has 0 atom stereocenters. The van der Waals surface area contributed by atoms with Gasteiger partial charge in [-0.05, 0) is 63.1 Å². The van der Waals surface area contributed by atoms with E-state index in [0.717, 1.165) is 28.2 Å². The van der Waals surface area contributed by atoms with Crippen molar-refractivity contribution in [1.82, 2.24) is 15.1 Å². The molecule has 156 valence electrons. The third-order valence-electron chi connectivity index (χ3n) is 4.92. The summed E-state index contributed by atoms with van der Waals surface area (Å²) in [5, 5.41) is 10.3. The SMILES string of the molecule is Cc1ccc(NC(=NCCc2c(C)nn(C)c2C)NC(=O)c2cccc(F)c2)cc1. The number of aliphatic imine (C=N–C) groups is 1. The lowest BCUT2D eigenvalue weighted by molar-refractivity contribution is 0.0976. The zero-order valence-electron chi connectivity index (χ0n) is 17.7. The summed E-state index contributed by atoms with van der Waals surface area (Å²) >= 11 is 0. The van der Waals surface area contributed by atoms with E-state index in [0.29, 0.717) is 18.9 Å². The van der Waals surface area contributed by atoms with Crippen LogP contribution in [0.15, 0.2) is 53.5 Å². The molecule has 7 heteroatoms. The van der Waals surface area contributed by atoms with E-state index in [-0.39, 0.29) is 5.56 Å². The smallest absolute Gasteiger partial charge is 0.258 e. The molecule has 0 aliphatic carbocycles. The van der Waals surface area contributed by atoms with Crippen molar-refractivity contribution in [2.75, 3.05) is 11.9 Å². The minimum Gasteiger partial charge on any atom is -0.326 e. The Morgan fingerprint density at radius 2 is 1.87 bits per heavy atom. The van der Waals surface area contributed by atoms with Gasteiger partial charge in [0.2, 0.25) is 5.96 Å². The van der Waals surface area contributed by atoms with Crippen molar-refractivity contribution in [3.63, 3.8) is 0 Å². The van der Waals surface area contributed by atoms with Crippen molar-refractivity contribution in [2.45, 2.75) is 27.2 Å². The van der Waals surface area contributed by atoms with Gasteiger partial charge in [0.05, 0.1) is 5.69 Å². The Hall–Kier alpha value is -3.48. The minimum absolute atomic E-state index is 0.229. The van der Waals surface area contributed by atoms with Gasteiger partial charge in [-0.1, -0.05) is 23.8 Å². The number of nitrogens with zero attached hydrogens (tertiary/aromatic N) is 3. The molecule has 0 fully saturated rings. The van der Waals surface area contributed by atoms with Gasteiger partial charge in [-0.25, -0.2) is 4.39 Å². The quantitative estimate of drug-likeness (QED) is 0.497. The maximum absolute atomic E-state index is 13.5. The molecular weight excluding hydrogens is 381 g/mol. The Kier molecular flexibility index (Phi) is 6.61. The van der Waals surface area contributed by atoms with Gasteiger partial charge in [0, 0.05) is 30.5 Å². The van der Waals surface area contributed by atoms with Crippen LogP contribution < -0.4 is 10.6 Å².